The molecule has 0 saturated carbocycles. The van der Waals surface area contributed by atoms with Gasteiger partial charge in [-0.1, -0.05) is 69.0 Å². The van der Waals surface area contributed by atoms with Crippen molar-refractivity contribution in [3.8, 4) is 0 Å². The predicted molar refractivity (Wildman–Crippen MR) is 130 cm³/mol. The molecule has 2 rings (SSSR count). The molecule has 12 heteroatoms. The van der Waals surface area contributed by atoms with Crippen molar-refractivity contribution in [3.63, 3.8) is 0 Å². The minimum atomic E-state index is -4.63. The maximum Gasteiger partial charge on any atom is 0.399 e. The minimum absolute atomic E-state index is 0.0416. The molecule has 0 aliphatic rings. The van der Waals surface area contributed by atoms with Gasteiger partial charge < -0.3 is 0 Å². The van der Waals surface area contributed by atoms with E-state index in [0.717, 1.165) is 18.2 Å². The highest BCUT2D eigenvalue weighted by atomic mass is 79.9. The van der Waals surface area contributed by atoms with Gasteiger partial charge in [-0.3, -0.25) is 4.79 Å². The molecule has 1 nitrogen and oxygen atoms in total. The van der Waals surface area contributed by atoms with Crippen molar-refractivity contribution in [1.29, 1.82) is 0 Å². The summed E-state index contributed by atoms with van der Waals surface area (Å²) in [5.41, 5.74) is 0.503. The van der Waals surface area contributed by atoms with E-state index < -0.39 is 24.0 Å². The van der Waals surface area contributed by atoms with Gasteiger partial charge in [0.15, 0.2) is 5.78 Å². The van der Waals surface area contributed by atoms with Gasteiger partial charge in [-0.15, -0.1) is 0 Å². The smallest absolute Gasteiger partial charge is 0.294 e. The Balaban J connectivity index is 2.12. The van der Waals surface area contributed by atoms with Crippen LogP contribution in [0.5, 0.6) is 0 Å². The van der Waals surface area contributed by atoms with Crippen molar-refractivity contribution < 1.29 is 31.1 Å². The molecule has 186 valence electrons. The van der Waals surface area contributed by atoms with E-state index in [0.29, 0.717) is 27.4 Å². The van der Waals surface area contributed by atoms with Gasteiger partial charge in [-0.2, -0.15) is 38.1 Å². The second-order valence-electron chi connectivity index (χ2n) is 7.11. The van der Waals surface area contributed by atoms with Crippen LogP contribution in [0.3, 0.4) is 0 Å². The zero-order valence-electron chi connectivity index (χ0n) is 17.0. The third kappa shape index (κ3) is 8.97. The molecule has 0 aromatic heterocycles. The Bertz CT molecular complexity index is 1030. The fourth-order valence-electron chi connectivity index (χ4n) is 2.89. The molecule has 0 aliphatic carbocycles. The van der Waals surface area contributed by atoms with Gasteiger partial charge in [0.2, 0.25) is 0 Å². The van der Waals surface area contributed by atoms with Gasteiger partial charge in [0.25, 0.3) is 0 Å². The van der Waals surface area contributed by atoms with E-state index in [-0.39, 0.29) is 45.0 Å². The Labute approximate surface area is 220 Å². The lowest BCUT2D eigenvalue weighted by molar-refractivity contribution is -0.139. The molecule has 1 unspecified atom stereocenters. The lowest BCUT2D eigenvalue weighted by atomic mass is 9.96. The summed E-state index contributed by atoms with van der Waals surface area (Å²) >= 11 is 21.5. The molecule has 1 atom stereocenters. The molecule has 0 spiro atoms. The van der Waals surface area contributed by atoms with E-state index in [2.05, 4.69) is 15.9 Å². The lowest BCUT2D eigenvalue weighted by Gasteiger charge is -2.18. The lowest BCUT2D eigenvalue weighted by Crippen LogP contribution is -2.19. The summed E-state index contributed by atoms with van der Waals surface area (Å²) in [5.74, 6) is -3.08. The first-order valence-corrected chi connectivity index (χ1v) is 12.6. The van der Waals surface area contributed by atoms with Crippen molar-refractivity contribution in [2.45, 2.75) is 31.1 Å². The Kier molecular flexibility index (Phi) is 10.7. The molecule has 2 aromatic carbocycles. The molecular formula is C22H16BrCl3F6OS. The number of hydrogen-bond donors (Lipinski definition) is 0. The summed E-state index contributed by atoms with van der Waals surface area (Å²) < 4.78 is 77.8. The predicted octanol–water partition coefficient (Wildman–Crippen LogP) is 10.0. The first-order chi connectivity index (χ1) is 15.7. The van der Waals surface area contributed by atoms with Crippen molar-refractivity contribution in [1.82, 2.24) is 0 Å². The average molecular weight is 629 g/mol. The average Bonchev–Trinajstić information content (AvgIpc) is 2.70. The molecule has 0 amide bonds. The molecule has 0 fully saturated rings. The van der Waals surface area contributed by atoms with Crippen molar-refractivity contribution in [3.05, 3.63) is 72.6 Å². The molecule has 0 aliphatic heterocycles. The number of carbonyl (C=O) groups excluding carboxylic acids is 1. The van der Waals surface area contributed by atoms with Gasteiger partial charge in [0, 0.05) is 16.5 Å². The Morgan fingerprint density at radius 1 is 1.03 bits per heavy atom. The Morgan fingerprint density at radius 3 is 2.18 bits per heavy atom. The number of halogens is 10. The van der Waals surface area contributed by atoms with Crippen LogP contribution >= 0.6 is 62.5 Å². The highest BCUT2D eigenvalue weighted by Gasteiger charge is 2.39. The van der Waals surface area contributed by atoms with Crippen molar-refractivity contribution >= 4 is 74.4 Å². The van der Waals surface area contributed by atoms with E-state index in [4.69, 9.17) is 34.8 Å². The number of allylic oxidation sites excluding steroid dienone is 1. The van der Waals surface area contributed by atoms with Crippen LogP contribution in [0.25, 0.3) is 6.08 Å². The number of ketones is 1. The van der Waals surface area contributed by atoms with Gasteiger partial charge >= 0.3 is 12.4 Å². The van der Waals surface area contributed by atoms with Crippen LogP contribution in [0, 0.1) is 0 Å². The molecular weight excluding hydrogens is 613 g/mol. The molecule has 0 saturated heterocycles. The molecule has 0 bridgehead atoms. The third-order valence-corrected chi connectivity index (χ3v) is 7.41. The number of Topliss-reactive ketones (excluding diaryl/α,β-unsaturated/α-hetero) is 1. The van der Waals surface area contributed by atoms with Crippen LogP contribution in [-0.4, -0.2) is 29.6 Å². The quantitative estimate of drug-likeness (QED) is 0.119. The second-order valence-corrected chi connectivity index (χ2v) is 10.3. The van der Waals surface area contributed by atoms with E-state index in [1.165, 1.54) is 24.3 Å². The largest absolute Gasteiger partial charge is 0.399 e. The van der Waals surface area contributed by atoms with E-state index in [9.17, 15) is 31.1 Å². The monoisotopic (exact) mass is 626 g/mol. The van der Waals surface area contributed by atoms with Gasteiger partial charge in [0.1, 0.15) is 0 Å². The van der Waals surface area contributed by atoms with Crippen molar-refractivity contribution in [2.75, 3.05) is 11.5 Å². The fourth-order valence-corrected chi connectivity index (χ4v) is 4.84. The normalized spacial score (nSPS) is 13.5. The third-order valence-electron chi connectivity index (χ3n) is 4.45. The molecule has 0 N–H and O–H groups in total. The number of carbonyl (C=O) groups is 1. The zero-order chi connectivity index (χ0) is 25.7. The molecule has 0 radical (unpaired) electrons. The van der Waals surface area contributed by atoms with Gasteiger partial charge in [-0.05, 0) is 47.6 Å². The van der Waals surface area contributed by atoms with Crippen LogP contribution < -0.4 is 0 Å². The summed E-state index contributed by atoms with van der Waals surface area (Å²) in [5, 5.41) is -0.247. The first kappa shape index (κ1) is 29.4. The summed E-state index contributed by atoms with van der Waals surface area (Å²) in [6, 6.07) is 6.61. The maximum absolute atomic E-state index is 13.7. The van der Waals surface area contributed by atoms with E-state index in [1.807, 2.05) is 0 Å². The standard InChI is InChI=1S/C22H16BrCl3F6OS/c23-16-8-12(3-5-14(16)19(33)2-1-7-34-11-21(27,28)29)4-6-15(22(30,31)32)13-9-17(24)20(26)18(25)10-13/h3-6,8-10,15H,1-2,7,11H2/b6-4+. The van der Waals surface area contributed by atoms with E-state index >= 15 is 0 Å². The number of hydrogen-bond acceptors (Lipinski definition) is 2. The topological polar surface area (TPSA) is 17.1 Å². The minimum Gasteiger partial charge on any atom is -0.294 e. The number of benzene rings is 2. The van der Waals surface area contributed by atoms with Crippen LogP contribution in [0.4, 0.5) is 26.3 Å². The van der Waals surface area contributed by atoms with Gasteiger partial charge in [0.05, 0.1) is 26.7 Å². The van der Waals surface area contributed by atoms with Crippen LogP contribution in [0.2, 0.25) is 15.1 Å². The van der Waals surface area contributed by atoms with Gasteiger partial charge in [-0.25, -0.2) is 0 Å². The number of rotatable bonds is 9. The van der Waals surface area contributed by atoms with Crippen LogP contribution in [0.1, 0.15) is 40.2 Å². The fraction of sp³-hybridized carbons (Fsp3) is 0.318. The summed E-state index contributed by atoms with van der Waals surface area (Å²) in [6.45, 7) is 0. The highest BCUT2D eigenvalue weighted by molar-refractivity contribution is 9.10. The second kappa shape index (κ2) is 12.4. The Hall–Kier alpha value is -0.870. The highest BCUT2D eigenvalue weighted by Crippen LogP contribution is 2.41. The SMILES string of the molecule is O=C(CCCSCC(F)(F)F)c1ccc(/C=C/C(c2cc(Cl)c(Cl)c(Cl)c2)C(F)(F)F)cc1Br. The van der Waals surface area contributed by atoms with Crippen LogP contribution in [0.15, 0.2) is 40.9 Å². The summed E-state index contributed by atoms with van der Waals surface area (Å²) in [6.07, 6.45) is -6.37. The maximum atomic E-state index is 13.7. The summed E-state index contributed by atoms with van der Waals surface area (Å²) in [4.78, 5) is 12.3. The number of thioether (sulfide) groups is 1. The molecule has 0 heterocycles. The summed E-state index contributed by atoms with van der Waals surface area (Å²) in [7, 11) is 0. The van der Waals surface area contributed by atoms with E-state index in [1.54, 1.807) is 0 Å². The van der Waals surface area contributed by atoms with Crippen molar-refractivity contribution in [2.24, 2.45) is 0 Å². The number of alkyl halides is 6. The van der Waals surface area contributed by atoms with Crippen LogP contribution in [-0.2, 0) is 0 Å². The first-order valence-electron chi connectivity index (χ1n) is 9.55. The zero-order valence-corrected chi connectivity index (χ0v) is 21.7. The molecule has 2 aromatic rings. The molecule has 34 heavy (non-hydrogen) atoms. The Morgan fingerprint density at radius 2 is 1.65 bits per heavy atom.